The summed E-state index contributed by atoms with van der Waals surface area (Å²) in [6, 6.07) is 72.8. The first-order valence-corrected chi connectivity index (χ1v) is 18.1. The fourth-order valence-electron chi connectivity index (χ4n) is 8.01. The average Bonchev–Trinajstić information content (AvgIpc) is 3.44. The lowest BCUT2D eigenvalue weighted by molar-refractivity contribution is 0.660. The lowest BCUT2D eigenvalue weighted by atomic mass is 9.82. The van der Waals surface area contributed by atoms with Crippen molar-refractivity contribution in [1.82, 2.24) is 0 Å². The number of fused-ring (bicyclic) bond motifs is 3. The van der Waals surface area contributed by atoms with Crippen molar-refractivity contribution in [2.75, 3.05) is 4.90 Å². The van der Waals surface area contributed by atoms with Crippen LogP contribution in [-0.2, 0) is 5.41 Å². The van der Waals surface area contributed by atoms with E-state index in [0.29, 0.717) is 0 Å². The van der Waals surface area contributed by atoms with Crippen molar-refractivity contribution in [3.05, 3.63) is 211 Å². The molecule has 0 N–H and O–H groups in total. The molecule has 0 saturated heterocycles. The Hall–Kier alpha value is -6.44. The van der Waals surface area contributed by atoms with Gasteiger partial charge in [0.2, 0.25) is 0 Å². The summed E-state index contributed by atoms with van der Waals surface area (Å²) in [6.07, 6.45) is 0. The molecule has 0 aliphatic heterocycles. The zero-order valence-electron chi connectivity index (χ0n) is 29.5. The first-order chi connectivity index (χ1) is 25.6. The number of anilines is 3. The Kier molecular flexibility index (Phi) is 7.90. The number of para-hydroxylation sites is 2. The minimum Gasteiger partial charge on any atom is -0.309 e. The molecular weight excluding hydrogens is 627 g/mol. The van der Waals surface area contributed by atoms with Crippen molar-refractivity contribution in [2.45, 2.75) is 19.3 Å². The maximum atomic E-state index is 2.47. The van der Waals surface area contributed by atoms with E-state index >= 15 is 0 Å². The Bertz CT molecular complexity index is 2380. The monoisotopic (exact) mass is 665 g/mol. The van der Waals surface area contributed by atoms with E-state index in [9.17, 15) is 0 Å². The van der Waals surface area contributed by atoms with E-state index in [1.165, 1.54) is 66.8 Å². The van der Waals surface area contributed by atoms with Crippen LogP contribution < -0.4 is 4.90 Å². The molecular formula is C51H39N. The van der Waals surface area contributed by atoms with E-state index in [2.05, 4.69) is 219 Å². The van der Waals surface area contributed by atoms with Crippen molar-refractivity contribution in [1.29, 1.82) is 0 Å². The Morgan fingerprint density at radius 1 is 0.308 bits per heavy atom. The molecule has 0 bridgehead atoms. The molecule has 0 aromatic heterocycles. The molecule has 52 heavy (non-hydrogen) atoms. The smallest absolute Gasteiger partial charge is 0.0540 e. The molecule has 0 spiro atoms. The van der Waals surface area contributed by atoms with E-state index in [1.807, 2.05) is 0 Å². The van der Waals surface area contributed by atoms with E-state index in [4.69, 9.17) is 0 Å². The highest BCUT2D eigenvalue weighted by atomic mass is 15.1. The molecule has 8 aromatic rings. The van der Waals surface area contributed by atoms with Crippen LogP contribution in [0.2, 0.25) is 0 Å². The van der Waals surface area contributed by atoms with Gasteiger partial charge in [-0.15, -0.1) is 0 Å². The molecule has 0 amide bonds. The van der Waals surface area contributed by atoms with Crippen molar-refractivity contribution < 1.29 is 0 Å². The molecule has 9 rings (SSSR count). The van der Waals surface area contributed by atoms with Crippen molar-refractivity contribution in [3.8, 4) is 55.6 Å². The van der Waals surface area contributed by atoms with E-state index < -0.39 is 0 Å². The van der Waals surface area contributed by atoms with Gasteiger partial charge in [-0.2, -0.15) is 0 Å². The van der Waals surface area contributed by atoms with Crippen LogP contribution in [0.3, 0.4) is 0 Å². The number of nitrogens with zero attached hydrogens (tertiary/aromatic N) is 1. The van der Waals surface area contributed by atoms with Crippen molar-refractivity contribution in [3.63, 3.8) is 0 Å². The van der Waals surface area contributed by atoms with Crippen molar-refractivity contribution in [2.24, 2.45) is 0 Å². The quantitative estimate of drug-likeness (QED) is 0.164. The Balaban J connectivity index is 1.22. The largest absolute Gasteiger partial charge is 0.309 e. The lowest BCUT2D eigenvalue weighted by Gasteiger charge is -2.31. The molecule has 1 nitrogen and oxygen atoms in total. The van der Waals surface area contributed by atoms with Gasteiger partial charge in [0.25, 0.3) is 0 Å². The Morgan fingerprint density at radius 3 is 1.21 bits per heavy atom. The van der Waals surface area contributed by atoms with Gasteiger partial charge in [0.15, 0.2) is 0 Å². The summed E-state index contributed by atoms with van der Waals surface area (Å²) >= 11 is 0. The molecule has 0 atom stereocenters. The van der Waals surface area contributed by atoms with Gasteiger partial charge in [0, 0.05) is 22.2 Å². The highest BCUT2D eigenvalue weighted by Crippen LogP contribution is 2.52. The van der Waals surface area contributed by atoms with Crippen LogP contribution in [0.1, 0.15) is 25.0 Å². The third kappa shape index (κ3) is 5.52. The average molecular weight is 666 g/mol. The Labute approximate surface area is 307 Å². The highest BCUT2D eigenvalue weighted by molar-refractivity contribution is 5.95. The molecule has 0 radical (unpaired) electrons. The predicted octanol–water partition coefficient (Wildman–Crippen LogP) is 14.1. The van der Waals surface area contributed by atoms with Crippen LogP contribution in [0.5, 0.6) is 0 Å². The molecule has 248 valence electrons. The van der Waals surface area contributed by atoms with E-state index in [0.717, 1.165) is 17.1 Å². The van der Waals surface area contributed by atoms with Crippen molar-refractivity contribution >= 4 is 17.1 Å². The minimum atomic E-state index is -0.118. The third-order valence-corrected chi connectivity index (χ3v) is 10.7. The minimum absolute atomic E-state index is 0.118. The summed E-state index contributed by atoms with van der Waals surface area (Å²) in [5, 5.41) is 0. The summed E-state index contributed by atoms with van der Waals surface area (Å²) in [7, 11) is 0. The number of hydrogen-bond donors (Lipinski definition) is 0. The maximum absolute atomic E-state index is 2.47. The molecule has 8 aromatic carbocycles. The van der Waals surface area contributed by atoms with Gasteiger partial charge in [0.1, 0.15) is 0 Å². The third-order valence-electron chi connectivity index (χ3n) is 10.7. The first-order valence-electron chi connectivity index (χ1n) is 18.1. The second kappa shape index (κ2) is 13.0. The zero-order valence-corrected chi connectivity index (χ0v) is 29.5. The first kappa shape index (κ1) is 31.5. The maximum Gasteiger partial charge on any atom is 0.0540 e. The standard InChI is InChI=1S/C51H39N/c1-51(2)47-22-12-9-21-45(47)46-34-33-42(35-48(46)51)52(49-23-13-10-19-43(49)40-29-25-38(26-30-40)36-15-5-3-6-16-36)50-24-14-11-20-44(50)41-31-27-39(28-32-41)37-17-7-4-8-18-37/h3-35H,1-2H3. The topological polar surface area (TPSA) is 3.24 Å². The molecule has 1 aliphatic rings. The zero-order chi connectivity index (χ0) is 35.1. The Morgan fingerprint density at radius 2 is 0.692 bits per heavy atom. The molecule has 0 unspecified atom stereocenters. The number of hydrogen-bond acceptors (Lipinski definition) is 1. The molecule has 1 heteroatoms. The van der Waals surface area contributed by atoms with Gasteiger partial charge in [0.05, 0.1) is 11.4 Å². The second-order valence-corrected chi connectivity index (χ2v) is 14.2. The van der Waals surface area contributed by atoms with E-state index in [1.54, 1.807) is 0 Å². The van der Waals surface area contributed by atoms with E-state index in [-0.39, 0.29) is 5.41 Å². The fourth-order valence-corrected chi connectivity index (χ4v) is 8.01. The predicted molar refractivity (Wildman–Crippen MR) is 220 cm³/mol. The van der Waals surface area contributed by atoms with Crippen LogP contribution >= 0.6 is 0 Å². The summed E-state index contributed by atoms with van der Waals surface area (Å²) in [5.74, 6) is 0. The lowest BCUT2D eigenvalue weighted by Crippen LogP contribution is -2.17. The fraction of sp³-hybridized carbons (Fsp3) is 0.0588. The highest BCUT2D eigenvalue weighted by Gasteiger charge is 2.36. The van der Waals surface area contributed by atoms with Gasteiger partial charge < -0.3 is 4.90 Å². The molecule has 1 aliphatic carbocycles. The normalized spacial score (nSPS) is 12.6. The van der Waals surface area contributed by atoms with Gasteiger partial charge in [-0.25, -0.2) is 0 Å². The summed E-state index contributed by atoms with van der Waals surface area (Å²) in [5.41, 5.74) is 18.3. The molecule has 0 fully saturated rings. The van der Waals surface area contributed by atoms with Crippen LogP contribution in [-0.4, -0.2) is 0 Å². The number of benzene rings is 8. The van der Waals surface area contributed by atoms with Crippen LogP contribution in [0.25, 0.3) is 55.6 Å². The number of rotatable bonds is 7. The SMILES string of the molecule is CC1(C)c2ccccc2-c2ccc(N(c3ccccc3-c3ccc(-c4ccccc4)cc3)c3ccccc3-c3ccc(-c4ccccc4)cc3)cc21. The summed E-state index contributed by atoms with van der Waals surface area (Å²) < 4.78 is 0. The van der Waals surface area contributed by atoms with Crippen LogP contribution in [0.4, 0.5) is 17.1 Å². The summed E-state index contributed by atoms with van der Waals surface area (Å²) in [4.78, 5) is 2.47. The van der Waals surface area contributed by atoms with Gasteiger partial charge in [-0.3, -0.25) is 0 Å². The summed E-state index contributed by atoms with van der Waals surface area (Å²) in [6.45, 7) is 4.71. The second-order valence-electron chi connectivity index (χ2n) is 14.2. The van der Waals surface area contributed by atoms with Crippen LogP contribution in [0.15, 0.2) is 200 Å². The van der Waals surface area contributed by atoms with Gasteiger partial charge in [-0.05, 0) is 79.9 Å². The van der Waals surface area contributed by atoms with Crippen LogP contribution in [0, 0.1) is 0 Å². The van der Waals surface area contributed by atoms with Gasteiger partial charge >= 0.3 is 0 Å². The van der Waals surface area contributed by atoms with Gasteiger partial charge in [-0.1, -0.05) is 190 Å². The molecule has 0 saturated carbocycles. The molecule has 0 heterocycles.